The van der Waals surface area contributed by atoms with Crippen LogP contribution in [0.25, 0.3) is 11.3 Å². The van der Waals surface area contributed by atoms with Crippen LogP contribution in [0.1, 0.15) is 18.9 Å². The van der Waals surface area contributed by atoms with Gasteiger partial charge in [0, 0.05) is 30.9 Å². The van der Waals surface area contributed by atoms with Gasteiger partial charge in [-0.15, -0.1) is 0 Å². The number of hydrogen-bond acceptors (Lipinski definition) is 2. The van der Waals surface area contributed by atoms with Crippen LogP contribution in [0, 0.1) is 5.82 Å². The van der Waals surface area contributed by atoms with E-state index in [0.717, 1.165) is 24.2 Å². The molecule has 0 saturated heterocycles. The lowest BCUT2D eigenvalue weighted by atomic mass is 10.1. The average Bonchev–Trinajstić information content (AvgIpc) is 2.78. The second-order valence-electron chi connectivity index (χ2n) is 4.32. The van der Waals surface area contributed by atoms with Crippen LogP contribution in [-0.2, 0) is 13.6 Å². The first-order chi connectivity index (χ1) is 8.72. The van der Waals surface area contributed by atoms with Crippen LogP contribution in [0.3, 0.4) is 0 Å². The van der Waals surface area contributed by atoms with Gasteiger partial charge in [0.15, 0.2) is 0 Å². The number of halogens is 1. The van der Waals surface area contributed by atoms with E-state index in [9.17, 15) is 4.39 Å². The summed E-state index contributed by atoms with van der Waals surface area (Å²) in [6.07, 6.45) is 2.76. The third kappa shape index (κ3) is 2.76. The number of benzene rings is 1. The monoisotopic (exact) mass is 247 g/mol. The molecule has 0 atom stereocenters. The van der Waals surface area contributed by atoms with E-state index in [-0.39, 0.29) is 5.82 Å². The fraction of sp³-hybridized carbons (Fsp3) is 0.357. The maximum absolute atomic E-state index is 13.9. The van der Waals surface area contributed by atoms with Gasteiger partial charge in [0.05, 0.1) is 5.69 Å². The van der Waals surface area contributed by atoms with Crippen molar-refractivity contribution in [2.45, 2.75) is 19.9 Å². The standard InChI is InChI=1S/C14H18FN3/c1-3-7-16-10-12-5-4-11(9-13(12)15)14-6-8-17-18(14)2/h4-6,8-9,16H,3,7,10H2,1-2H3. The van der Waals surface area contributed by atoms with Gasteiger partial charge in [-0.2, -0.15) is 5.10 Å². The minimum atomic E-state index is -0.169. The molecule has 0 aliphatic heterocycles. The van der Waals surface area contributed by atoms with Gasteiger partial charge >= 0.3 is 0 Å². The van der Waals surface area contributed by atoms with E-state index in [1.165, 1.54) is 0 Å². The lowest BCUT2D eigenvalue weighted by Gasteiger charge is -2.07. The minimum Gasteiger partial charge on any atom is -0.313 e. The van der Waals surface area contributed by atoms with Gasteiger partial charge in [0.1, 0.15) is 5.82 Å². The van der Waals surface area contributed by atoms with Gasteiger partial charge < -0.3 is 5.32 Å². The van der Waals surface area contributed by atoms with Crippen LogP contribution in [0.15, 0.2) is 30.5 Å². The van der Waals surface area contributed by atoms with Gasteiger partial charge in [-0.05, 0) is 25.1 Å². The first kappa shape index (κ1) is 12.8. The zero-order valence-corrected chi connectivity index (χ0v) is 10.8. The molecule has 0 aliphatic rings. The molecular weight excluding hydrogens is 229 g/mol. The molecular formula is C14H18FN3. The second kappa shape index (κ2) is 5.78. The summed E-state index contributed by atoms with van der Waals surface area (Å²) in [5.74, 6) is -0.169. The first-order valence-electron chi connectivity index (χ1n) is 6.20. The van der Waals surface area contributed by atoms with Crippen LogP contribution in [0.5, 0.6) is 0 Å². The summed E-state index contributed by atoms with van der Waals surface area (Å²) in [5, 5.41) is 7.29. The molecule has 1 aromatic carbocycles. The Bertz CT molecular complexity index is 520. The van der Waals surface area contributed by atoms with E-state index in [4.69, 9.17) is 0 Å². The van der Waals surface area contributed by atoms with Crippen molar-refractivity contribution in [3.05, 3.63) is 41.8 Å². The third-order valence-electron chi connectivity index (χ3n) is 2.91. The smallest absolute Gasteiger partial charge is 0.128 e. The van der Waals surface area contributed by atoms with Crippen LogP contribution in [0.2, 0.25) is 0 Å². The second-order valence-corrected chi connectivity index (χ2v) is 4.32. The highest BCUT2D eigenvalue weighted by Gasteiger charge is 2.07. The SMILES string of the molecule is CCCNCc1ccc(-c2ccnn2C)cc1F. The van der Waals surface area contributed by atoms with Gasteiger partial charge in [0.2, 0.25) is 0 Å². The molecule has 0 bridgehead atoms. The lowest BCUT2D eigenvalue weighted by molar-refractivity contribution is 0.586. The van der Waals surface area contributed by atoms with E-state index >= 15 is 0 Å². The van der Waals surface area contributed by atoms with Crippen molar-refractivity contribution in [2.75, 3.05) is 6.54 Å². The Kier molecular flexibility index (Phi) is 4.10. The maximum Gasteiger partial charge on any atom is 0.128 e. The summed E-state index contributed by atoms with van der Waals surface area (Å²) in [7, 11) is 1.85. The molecule has 18 heavy (non-hydrogen) atoms. The zero-order valence-electron chi connectivity index (χ0n) is 10.8. The van der Waals surface area contributed by atoms with Crippen molar-refractivity contribution >= 4 is 0 Å². The van der Waals surface area contributed by atoms with Crippen molar-refractivity contribution < 1.29 is 4.39 Å². The molecule has 0 unspecified atom stereocenters. The van der Waals surface area contributed by atoms with Crippen LogP contribution in [0.4, 0.5) is 4.39 Å². The number of aromatic nitrogens is 2. The molecule has 1 N–H and O–H groups in total. The Morgan fingerprint density at radius 1 is 1.33 bits per heavy atom. The normalized spacial score (nSPS) is 10.8. The summed E-state index contributed by atoms with van der Waals surface area (Å²) >= 11 is 0. The largest absolute Gasteiger partial charge is 0.313 e. The molecule has 0 spiro atoms. The third-order valence-corrected chi connectivity index (χ3v) is 2.91. The van der Waals surface area contributed by atoms with Gasteiger partial charge in [-0.1, -0.05) is 19.1 Å². The van der Waals surface area contributed by atoms with E-state index in [2.05, 4.69) is 17.3 Å². The fourth-order valence-corrected chi connectivity index (χ4v) is 1.91. The highest BCUT2D eigenvalue weighted by molar-refractivity contribution is 5.59. The summed E-state index contributed by atoms with van der Waals surface area (Å²) in [5.41, 5.74) is 2.48. The highest BCUT2D eigenvalue weighted by Crippen LogP contribution is 2.21. The molecule has 0 fully saturated rings. The van der Waals surface area contributed by atoms with Crippen molar-refractivity contribution in [3.8, 4) is 11.3 Å². The predicted octanol–water partition coefficient (Wildman–Crippen LogP) is 2.73. The van der Waals surface area contributed by atoms with Gasteiger partial charge in [0.25, 0.3) is 0 Å². The summed E-state index contributed by atoms with van der Waals surface area (Å²) in [6, 6.07) is 7.22. The van der Waals surface area contributed by atoms with Crippen LogP contribution < -0.4 is 5.32 Å². The van der Waals surface area contributed by atoms with Crippen molar-refractivity contribution in [1.29, 1.82) is 0 Å². The predicted molar refractivity (Wildman–Crippen MR) is 70.6 cm³/mol. The van der Waals surface area contributed by atoms with E-state index in [1.54, 1.807) is 16.9 Å². The molecule has 0 aliphatic carbocycles. The van der Waals surface area contributed by atoms with Crippen molar-refractivity contribution in [1.82, 2.24) is 15.1 Å². The molecule has 0 radical (unpaired) electrons. The van der Waals surface area contributed by atoms with E-state index in [0.29, 0.717) is 12.1 Å². The maximum atomic E-state index is 13.9. The molecule has 1 heterocycles. The van der Waals surface area contributed by atoms with Gasteiger partial charge in [-0.25, -0.2) is 4.39 Å². The van der Waals surface area contributed by atoms with Crippen molar-refractivity contribution in [2.24, 2.45) is 7.05 Å². The quantitative estimate of drug-likeness (QED) is 0.823. The van der Waals surface area contributed by atoms with Gasteiger partial charge in [-0.3, -0.25) is 4.68 Å². The fourth-order valence-electron chi connectivity index (χ4n) is 1.91. The molecule has 3 nitrogen and oxygen atoms in total. The summed E-state index contributed by atoms with van der Waals surface area (Å²) in [4.78, 5) is 0. The molecule has 1 aromatic heterocycles. The Labute approximate surface area is 107 Å². The Balaban J connectivity index is 2.17. The number of nitrogens with zero attached hydrogens (tertiary/aromatic N) is 2. The number of nitrogens with one attached hydrogen (secondary N) is 1. The van der Waals surface area contributed by atoms with Crippen LogP contribution in [-0.4, -0.2) is 16.3 Å². The zero-order chi connectivity index (χ0) is 13.0. The average molecular weight is 247 g/mol. The Hall–Kier alpha value is -1.68. The molecule has 0 saturated carbocycles. The van der Waals surface area contributed by atoms with E-state index in [1.807, 2.05) is 25.2 Å². The summed E-state index contributed by atoms with van der Waals surface area (Å²) in [6.45, 7) is 3.57. The number of aryl methyl sites for hydroxylation is 1. The van der Waals surface area contributed by atoms with Crippen molar-refractivity contribution in [3.63, 3.8) is 0 Å². The molecule has 0 amide bonds. The summed E-state index contributed by atoms with van der Waals surface area (Å²) < 4.78 is 15.7. The Morgan fingerprint density at radius 3 is 2.78 bits per heavy atom. The number of rotatable bonds is 5. The minimum absolute atomic E-state index is 0.169. The molecule has 2 rings (SSSR count). The first-order valence-corrected chi connectivity index (χ1v) is 6.20. The molecule has 2 aromatic rings. The Morgan fingerprint density at radius 2 is 2.17 bits per heavy atom. The molecule has 96 valence electrons. The number of hydrogen-bond donors (Lipinski definition) is 1. The highest BCUT2D eigenvalue weighted by atomic mass is 19.1. The topological polar surface area (TPSA) is 29.9 Å². The lowest BCUT2D eigenvalue weighted by Crippen LogP contribution is -2.14. The molecule has 4 heteroatoms. The van der Waals surface area contributed by atoms with Crippen LogP contribution >= 0.6 is 0 Å². The van der Waals surface area contributed by atoms with E-state index < -0.39 is 0 Å².